The van der Waals surface area contributed by atoms with Gasteiger partial charge in [-0.2, -0.15) is 15.4 Å². The third-order valence-corrected chi connectivity index (χ3v) is 4.07. The first-order valence-corrected chi connectivity index (χ1v) is 8.31. The molecule has 0 saturated carbocycles. The number of hydrogen-bond donors (Lipinski definition) is 3. The number of aromatic amines is 2. The third-order valence-electron chi connectivity index (χ3n) is 4.07. The number of aromatic nitrogens is 5. The van der Waals surface area contributed by atoms with E-state index < -0.39 is 5.56 Å². The molecule has 5 aromatic rings. The molecule has 0 aliphatic carbocycles. The zero-order valence-electron chi connectivity index (χ0n) is 14.9. The highest BCUT2D eigenvalue weighted by molar-refractivity contribution is 6.18. The monoisotopic (exact) mass is 391 g/mol. The van der Waals surface area contributed by atoms with Gasteiger partial charge in [-0.05, 0) is 5.16 Å². The summed E-state index contributed by atoms with van der Waals surface area (Å²) in [5.41, 5.74) is 2.77. The second-order valence-corrected chi connectivity index (χ2v) is 5.83. The maximum absolute atomic E-state index is 10.4. The summed E-state index contributed by atoms with van der Waals surface area (Å²) in [6, 6.07) is 8.82. The van der Waals surface area contributed by atoms with Gasteiger partial charge in [0.1, 0.15) is 22.5 Å². The summed E-state index contributed by atoms with van der Waals surface area (Å²) in [4.78, 5) is 31.7. The van der Waals surface area contributed by atoms with E-state index in [1.54, 1.807) is 7.05 Å². The van der Waals surface area contributed by atoms with Crippen LogP contribution in [-0.2, 0) is 0 Å². The van der Waals surface area contributed by atoms with Gasteiger partial charge >= 0.3 is 0 Å². The lowest BCUT2D eigenvalue weighted by Crippen LogP contribution is -2.03. The predicted octanol–water partition coefficient (Wildman–Crippen LogP) is 2.86. The standard InChI is InChI=1S/C12H8N6O.C6H5NO3/c1-13-16-9-7-5-3-2-4-6(7)8-10(9)15-12-11(14-8)17-19-18-12;8-3-4-2-7-6(10)1-5(4)9/h2-5H,1H3,(H,15,18);1-3H,(H2,7,9,10). The molecule has 0 bridgehead atoms. The van der Waals surface area contributed by atoms with Gasteiger partial charge in [-0.1, -0.05) is 24.3 Å². The first-order valence-electron chi connectivity index (χ1n) is 8.31. The Bertz CT molecular complexity index is 1430. The highest BCUT2D eigenvalue weighted by Gasteiger charge is 2.16. The summed E-state index contributed by atoms with van der Waals surface area (Å²) in [7, 11) is 1.63. The molecule has 5 rings (SSSR count). The Balaban J connectivity index is 0.000000174. The van der Waals surface area contributed by atoms with Crippen LogP contribution in [-0.4, -0.2) is 43.7 Å². The quantitative estimate of drug-likeness (QED) is 0.308. The fourth-order valence-corrected chi connectivity index (χ4v) is 2.81. The first-order chi connectivity index (χ1) is 14.1. The maximum Gasteiger partial charge on any atom is 0.251 e. The number of carbonyl (C=O) groups is 1. The molecule has 0 saturated heterocycles. The maximum atomic E-state index is 10.4. The molecule has 0 aliphatic heterocycles. The van der Waals surface area contributed by atoms with Crippen LogP contribution in [0.2, 0.25) is 0 Å². The summed E-state index contributed by atoms with van der Waals surface area (Å²) in [5.74, 6) is -0.293. The number of pyridine rings is 1. The van der Waals surface area contributed by atoms with Crippen molar-refractivity contribution in [3.63, 3.8) is 0 Å². The largest absolute Gasteiger partial charge is 0.507 e. The molecule has 0 unspecified atom stereocenters. The number of hydrogen-bond acceptors (Lipinski definition) is 9. The first kappa shape index (κ1) is 18.0. The van der Waals surface area contributed by atoms with E-state index in [1.165, 1.54) is 0 Å². The fraction of sp³-hybridized carbons (Fsp3) is 0.0556. The summed E-state index contributed by atoms with van der Waals surface area (Å²) in [6.07, 6.45) is 1.62. The van der Waals surface area contributed by atoms with Crippen molar-refractivity contribution in [3.8, 4) is 5.75 Å². The molecule has 11 heteroatoms. The Morgan fingerprint density at radius 3 is 2.69 bits per heavy atom. The number of azo groups is 1. The highest BCUT2D eigenvalue weighted by Crippen LogP contribution is 2.38. The molecule has 0 radical (unpaired) electrons. The number of nitrogens with zero attached hydrogens (tertiary/aromatic N) is 5. The van der Waals surface area contributed by atoms with Gasteiger partial charge in [0.05, 0.1) is 5.56 Å². The number of nitrogens with one attached hydrogen (secondary N) is 2. The molecule has 3 heterocycles. The van der Waals surface area contributed by atoms with Gasteiger partial charge in [0.25, 0.3) is 5.56 Å². The van der Waals surface area contributed by atoms with Crippen molar-refractivity contribution in [3.05, 3.63) is 52.4 Å². The molecule has 0 spiro atoms. The van der Waals surface area contributed by atoms with Crippen LogP contribution in [0.1, 0.15) is 10.4 Å². The smallest absolute Gasteiger partial charge is 0.251 e. The number of benzene rings is 1. The van der Waals surface area contributed by atoms with Crippen molar-refractivity contribution < 1.29 is 14.5 Å². The van der Waals surface area contributed by atoms with Gasteiger partial charge in [-0.3, -0.25) is 14.2 Å². The summed E-state index contributed by atoms with van der Waals surface area (Å²) < 4.78 is 4.76. The van der Waals surface area contributed by atoms with Crippen molar-refractivity contribution in [2.45, 2.75) is 0 Å². The van der Waals surface area contributed by atoms with Gasteiger partial charge in [-0.15, -0.1) is 0 Å². The minimum Gasteiger partial charge on any atom is -0.507 e. The van der Waals surface area contributed by atoms with Gasteiger partial charge in [0.15, 0.2) is 6.29 Å². The molecule has 0 fully saturated rings. The molecule has 144 valence electrons. The Kier molecular flexibility index (Phi) is 4.53. The number of aldehydes is 1. The van der Waals surface area contributed by atoms with Crippen LogP contribution in [0.15, 0.2) is 56.2 Å². The normalized spacial score (nSPS) is 11.2. The van der Waals surface area contributed by atoms with Crippen molar-refractivity contribution in [1.29, 1.82) is 0 Å². The Labute approximate surface area is 161 Å². The van der Waals surface area contributed by atoms with Crippen molar-refractivity contribution in [2.75, 3.05) is 7.05 Å². The Morgan fingerprint density at radius 1 is 1.17 bits per heavy atom. The SMILES string of the molecule is CN=Nc1c2ccccc2c2nc3no[nH]c3nc12.O=Cc1c[nH]c(=O)cc1O. The van der Waals surface area contributed by atoms with Crippen molar-refractivity contribution >= 4 is 45.1 Å². The molecule has 0 atom stereocenters. The van der Waals surface area contributed by atoms with E-state index in [-0.39, 0.29) is 11.3 Å². The lowest BCUT2D eigenvalue weighted by molar-refractivity contribution is 0.112. The van der Waals surface area contributed by atoms with Gasteiger partial charge in [-0.25, -0.2) is 9.97 Å². The lowest BCUT2D eigenvalue weighted by atomic mass is 10.2. The van der Waals surface area contributed by atoms with Crippen LogP contribution in [0.3, 0.4) is 0 Å². The van der Waals surface area contributed by atoms with E-state index in [2.05, 4.69) is 35.5 Å². The second-order valence-electron chi connectivity index (χ2n) is 5.83. The van der Waals surface area contributed by atoms with E-state index in [0.29, 0.717) is 23.1 Å². The number of fused-ring (bicyclic) bond motifs is 4. The van der Waals surface area contributed by atoms with E-state index in [0.717, 1.165) is 34.2 Å². The molecule has 3 N–H and O–H groups in total. The summed E-state index contributed by atoms with van der Waals surface area (Å²) >= 11 is 0. The Morgan fingerprint density at radius 2 is 1.97 bits per heavy atom. The molecule has 29 heavy (non-hydrogen) atoms. The minimum atomic E-state index is -0.428. The predicted molar refractivity (Wildman–Crippen MR) is 104 cm³/mol. The average molecular weight is 391 g/mol. The lowest BCUT2D eigenvalue weighted by Gasteiger charge is -1.91. The van der Waals surface area contributed by atoms with E-state index in [9.17, 15) is 9.59 Å². The summed E-state index contributed by atoms with van der Waals surface area (Å²) in [5, 5.41) is 25.2. The van der Waals surface area contributed by atoms with E-state index in [4.69, 9.17) is 9.74 Å². The molecule has 3 aromatic heterocycles. The fourth-order valence-electron chi connectivity index (χ4n) is 2.81. The molecular weight excluding hydrogens is 378 g/mol. The van der Waals surface area contributed by atoms with Gasteiger partial charge in [0, 0.05) is 30.1 Å². The number of carbonyl (C=O) groups excluding carboxylic acids is 1. The molecule has 2 aromatic carbocycles. The topological polar surface area (TPSA) is 162 Å². The third kappa shape index (κ3) is 3.20. The van der Waals surface area contributed by atoms with Crippen LogP contribution in [0.5, 0.6) is 5.75 Å². The molecule has 0 aliphatic rings. The zero-order valence-corrected chi connectivity index (χ0v) is 14.9. The van der Waals surface area contributed by atoms with E-state index >= 15 is 0 Å². The van der Waals surface area contributed by atoms with Crippen LogP contribution < -0.4 is 5.56 Å². The number of rotatable bonds is 2. The number of H-pyrrole nitrogens is 2. The zero-order chi connectivity index (χ0) is 20.4. The molecule has 0 amide bonds. The van der Waals surface area contributed by atoms with Crippen LogP contribution in [0.4, 0.5) is 5.69 Å². The van der Waals surface area contributed by atoms with Gasteiger partial charge < -0.3 is 10.1 Å². The molecular formula is C18H13N7O4. The number of aromatic hydroxyl groups is 1. The van der Waals surface area contributed by atoms with Crippen LogP contribution >= 0.6 is 0 Å². The molecule has 11 nitrogen and oxygen atoms in total. The van der Waals surface area contributed by atoms with Crippen molar-refractivity contribution in [1.82, 2.24) is 25.3 Å². The van der Waals surface area contributed by atoms with E-state index in [1.807, 2.05) is 24.3 Å². The van der Waals surface area contributed by atoms with Gasteiger partial charge in [0.2, 0.25) is 11.3 Å². The Hall–Kier alpha value is -4.41. The highest BCUT2D eigenvalue weighted by atomic mass is 16.6. The minimum absolute atomic E-state index is 0.0830. The van der Waals surface area contributed by atoms with Crippen molar-refractivity contribution in [2.24, 2.45) is 10.2 Å². The average Bonchev–Trinajstić information content (AvgIpc) is 3.30. The van der Waals surface area contributed by atoms with Crippen LogP contribution in [0.25, 0.3) is 33.1 Å². The second kappa shape index (κ2) is 7.31. The van der Waals surface area contributed by atoms with Crippen LogP contribution in [0, 0.1) is 0 Å². The summed E-state index contributed by atoms with van der Waals surface area (Å²) in [6.45, 7) is 0.